The van der Waals surface area contributed by atoms with E-state index in [9.17, 15) is 0 Å². The molecule has 1 aliphatic rings. The van der Waals surface area contributed by atoms with Crippen molar-refractivity contribution in [3.63, 3.8) is 0 Å². The Hall–Kier alpha value is -1.00. The Balaban J connectivity index is 2.55. The highest BCUT2D eigenvalue weighted by Gasteiger charge is 1.92. The summed E-state index contributed by atoms with van der Waals surface area (Å²) in [6.45, 7) is 4.30. The lowest BCUT2D eigenvalue weighted by Gasteiger charge is -1.97. The minimum absolute atomic E-state index is 1.19. The first-order chi connectivity index (χ1) is 5.83. The molecule has 0 fully saturated rings. The van der Waals surface area contributed by atoms with E-state index in [1.165, 1.54) is 30.4 Å². The summed E-state index contributed by atoms with van der Waals surface area (Å²) in [5.41, 5.74) is 5.80. The van der Waals surface area contributed by atoms with E-state index in [0.29, 0.717) is 0 Å². The number of rotatable bonds is 3. The molecule has 0 nitrogen and oxygen atoms in total. The first kappa shape index (κ1) is 9.09. The van der Waals surface area contributed by atoms with Crippen LogP contribution in [0.4, 0.5) is 0 Å². The zero-order chi connectivity index (χ0) is 8.81. The molecule has 1 aliphatic carbocycles. The summed E-state index contributed by atoms with van der Waals surface area (Å²) in [5, 5.41) is 0. The monoisotopic (exact) mass is 160 g/mol. The average molecular weight is 160 g/mol. The number of hydrogen-bond acceptors (Lipinski definition) is 0. The lowest BCUT2D eigenvalue weighted by molar-refractivity contribution is 0.798. The Labute approximate surface area is 75.0 Å². The van der Waals surface area contributed by atoms with E-state index in [4.69, 9.17) is 0 Å². The highest BCUT2D eigenvalue weighted by Crippen LogP contribution is 2.12. The van der Waals surface area contributed by atoms with Gasteiger partial charge in [0.1, 0.15) is 0 Å². The van der Waals surface area contributed by atoms with Gasteiger partial charge in [0, 0.05) is 0 Å². The second-order valence-electron chi connectivity index (χ2n) is 3.17. The van der Waals surface area contributed by atoms with E-state index in [2.05, 4.69) is 37.8 Å². The van der Waals surface area contributed by atoms with E-state index >= 15 is 0 Å². The van der Waals surface area contributed by atoms with Gasteiger partial charge in [-0.1, -0.05) is 31.6 Å². The molecule has 0 heteroatoms. The van der Waals surface area contributed by atoms with Crippen molar-refractivity contribution in [2.75, 3.05) is 0 Å². The van der Waals surface area contributed by atoms with Crippen molar-refractivity contribution in [1.82, 2.24) is 0 Å². The maximum atomic E-state index is 3.18. The molecular formula is C12H16. The van der Waals surface area contributed by atoms with E-state index in [1.54, 1.807) is 0 Å². The van der Waals surface area contributed by atoms with Gasteiger partial charge in [0.2, 0.25) is 0 Å². The molecule has 12 heavy (non-hydrogen) atoms. The molecule has 0 radical (unpaired) electrons. The Kier molecular flexibility index (Phi) is 3.63. The topological polar surface area (TPSA) is 0 Å². The summed E-state index contributed by atoms with van der Waals surface area (Å²) in [5.74, 6) is 0. The number of unbranched alkanes of at least 4 members (excludes halogenated alkanes) is 1. The van der Waals surface area contributed by atoms with Gasteiger partial charge in [0.15, 0.2) is 0 Å². The van der Waals surface area contributed by atoms with E-state index in [-0.39, 0.29) is 0 Å². The minimum Gasteiger partial charge on any atom is -0.118 e. The molecule has 0 unspecified atom stereocenters. The molecular weight excluding hydrogens is 144 g/mol. The summed E-state index contributed by atoms with van der Waals surface area (Å²) in [6.07, 6.45) is 12.2. The molecule has 0 amide bonds. The Morgan fingerprint density at radius 3 is 2.92 bits per heavy atom. The third-order valence-corrected chi connectivity index (χ3v) is 1.97. The molecule has 0 aromatic rings. The SMILES string of the molecule is CCCCC1=CC=C=C(C)C=C1. The van der Waals surface area contributed by atoms with Crippen LogP contribution in [0.2, 0.25) is 0 Å². The Bertz CT molecular complexity index is 258. The maximum Gasteiger partial charge on any atom is -0.00913 e. The first-order valence-corrected chi connectivity index (χ1v) is 4.63. The lowest BCUT2D eigenvalue weighted by atomic mass is 10.1. The molecule has 0 aromatic carbocycles. The Morgan fingerprint density at radius 1 is 1.33 bits per heavy atom. The van der Waals surface area contributed by atoms with Gasteiger partial charge in [-0.25, -0.2) is 0 Å². The second-order valence-corrected chi connectivity index (χ2v) is 3.17. The van der Waals surface area contributed by atoms with E-state index in [1.807, 2.05) is 6.08 Å². The van der Waals surface area contributed by atoms with E-state index < -0.39 is 0 Å². The Morgan fingerprint density at radius 2 is 2.17 bits per heavy atom. The standard InChI is InChI=1S/C12H16/c1-3-4-7-12-8-5-6-11(2)9-10-12/h5,8-10H,3-4,7H2,1-2H3. The van der Waals surface area contributed by atoms with Gasteiger partial charge in [-0.2, -0.15) is 0 Å². The van der Waals surface area contributed by atoms with Crippen LogP contribution in [-0.2, 0) is 0 Å². The second kappa shape index (κ2) is 4.79. The number of hydrogen-bond donors (Lipinski definition) is 0. The van der Waals surface area contributed by atoms with Crippen LogP contribution in [0.15, 0.2) is 41.2 Å². The summed E-state index contributed by atoms with van der Waals surface area (Å²) >= 11 is 0. The number of allylic oxidation sites excluding steroid dienone is 5. The van der Waals surface area contributed by atoms with Crippen molar-refractivity contribution in [1.29, 1.82) is 0 Å². The van der Waals surface area contributed by atoms with Crippen molar-refractivity contribution in [3.05, 3.63) is 41.2 Å². The molecule has 0 saturated heterocycles. The molecule has 0 spiro atoms. The quantitative estimate of drug-likeness (QED) is 0.551. The zero-order valence-corrected chi connectivity index (χ0v) is 7.93. The van der Waals surface area contributed by atoms with Crippen molar-refractivity contribution in [3.8, 4) is 0 Å². The van der Waals surface area contributed by atoms with Crippen LogP contribution in [0, 0.1) is 0 Å². The van der Waals surface area contributed by atoms with Gasteiger partial charge in [-0.15, -0.1) is 5.73 Å². The predicted octanol–water partition coefficient (Wildman–Crippen LogP) is 3.77. The van der Waals surface area contributed by atoms with Crippen LogP contribution in [0.25, 0.3) is 0 Å². The predicted molar refractivity (Wildman–Crippen MR) is 54.0 cm³/mol. The van der Waals surface area contributed by atoms with Gasteiger partial charge in [-0.05, 0) is 37.0 Å². The lowest BCUT2D eigenvalue weighted by Crippen LogP contribution is -1.77. The third-order valence-electron chi connectivity index (χ3n) is 1.97. The van der Waals surface area contributed by atoms with Crippen molar-refractivity contribution in [2.45, 2.75) is 33.1 Å². The van der Waals surface area contributed by atoms with Crippen LogP contribution in [0.3, 0.4) is 0 Å². The van der Waals surface area contributed by atoms with Gasteiger partial charge < -0.3 is 0 Å². The van der Waals surface area contributed by atoms with Crippen LogP contribution in [0.5, 0.6) is 0 Å². The molecule has 0 bridgehead atoms. The third kappa shape index (κ3) is 2.94. The highest BCUT2D eigenvalue weighted by atomic mass is 14.0. The fourth-order valence-electron chi connectivity index (χ4n) is 1.16. The molecule has 0 aliphatic heterocycles. The van der Waals surface area contributed by atoms with Gasteiger partial charge in [-0.3, -0.25) is 0 Å². The van der Waals surface area contributed by atoms with Gasteiger partial charge >= 0.3 is 0 Å². The molecule has 0 atom stereocenters. The zero-order valence-electron chi connectivity index (χ0n) is 7.93. The maximum absolute atomic E-state index is 3.18. The summed E-state index contributed by atoms with van der Waals surface area (Å²) < 4.78 is 0. The normalized spacial score (nSPS) is 15.5. The van der Waals surface area contributed by atoms with Crippen LogP contribution in [-0.4, -0.2) is 0 Å². The highest BCUT2D eigenvalue weighted by molar-refractivity contribution is 5.33. The first-order valence-electron chi connectivity index (χ1n) is 4.63. The molecule has 0 heterocycles. The van der Waals surface area contributed by atoms with Crippen LogP contribution >= 0.6 is 0 Å². The van der Waals surface area contributed by atoms with Crippen LogP contribution < -0.4 is 0 Å². The molecule has 1 rings (SSSR count). The minimum atomic E-state index is 1.19. The van der Waals surface area contributed by atoms with Crippen molar-refractivity contribution >= 4 is 0 Å². The largest absolute Gasteiger partial charge is 0.118 e. The van der Waals surface area contributed by atoms with Gasteiger partial charge in [0.05, 0.1) is 0 Å². The molecule has 0 saturated carbocycles. The smallest absolute Gasteiger partial charge is 0.00913 e. The summed E-state index contributed by atoms with van der Waals surface area (Å²) in [6, 6.07) is 0. The van der Waals surface area contributed by atoms with Gasteiger partial charge in [0.25, 0.3) is 0 Å². The molecule has 64 valence electrons. The van der Waals surface area contributed by atoms with Crippen molar-refractivity contribution in [2.24, 2.45) is 0 Å². The van der Waals surface area contributed by atoms with Crippen molar-refractivity contribution < 1.29 is 0 Å². The van der Waals surface area contributed by atoms with E-state index in [0.717, 1.165) is 0 Å². The molecule has 0 N–H and O–H groups in total. The summed E-state index contributed by atoms with van der Waals surface area (Å²) in [4.78, 5) is 0. The van der Waals surface area contributed by atoms with Crippen LogP contribution in [0.1, 0.15) is 33.1 Å². The summed E-state index contributed by atoms with van der Waals surface area (Å²) in [7, 11) is 0. The fourth-order valence-corrected chi connectivity index (χ4v) is 1.16. The fraction of sp³-hybridized carbons (Fsp3) is 0.417. The average Bonchev–Trinajstić information content (AvgIpc) is 2.27. The molecule has 0 aromatic heterocycles.